The van der Waals surface area contributed by atoms with Gasteiger partial charge in [-0.15, -0.1) is 0 Å². The Hall–Kier alpha value is -4.26. The Bertz CT molecular complexity index is 1410. The van der Waals surface area contributed by atoms with Crippen LogP contribution in [0.25, 0.3) is 5.69 Å². The largest absolute Gasteiger partial charge is 0.493 e. The molecule has 0 bridgehead atoms. The molecule has 1 amide bonds. The van der Waals surface area contributed by atoms with Crippen molar-refractivity contribution in [2.75, 3.05) is 51.2 Å². The third kappa shape index (κ3) is 6.01. The summed E-state index contributed by atoms with van der Waals surface area (Å²) < 4.78 is 23.9. The molecule has 3 aromatic rings. The predicted octanol–water partition coefficient (Wildman–Crippen LogP) is 3.69. The average Bonchev–Trinajstić information content (AvgIpc) is 3.64. The van der Waals surface area contributed by atoms with Gasteiger partial charge in [-0.05, 0) is 40.0 Å². The maximum atomic E-state index is 12.9. The molecule has 13 nitrogen and oxygen atoms in total. The number of hydrogen-bond acceptors (Lipinski definition) is 11. The van der Waals surface area contributed by atoms with Crippen molar-refractivity contribution >= 4 is 23.7 Å². The Morgan fingerprint density at radius 3 is 2.48 bits per heavy atom. The minimum absolute atomic E-state index is 0.0139. The first-order chi connectivity index (χ1) is 20.1. The van der Waals surface area contributed by atoms with Crippen molar-refractivity contribution < 1.29 is 28.8 Å². The van der Waals surface area contributed by atoms with Gasteiger partial charge in [0.05, 0.1) is 58.1 Å². The topological polar surface area (TPSA) is 136 Å². The monoisotopic (exact) mass is 581 g/mol. The molecule has 2 aliphatic heterocycles. The molecule has 0 radical (unpaired) electrons. The SMILES string of the molecule is COc1cc(-n2cnc(Nc3nc4c(c(N5CCCC5CO)n3)CCN(C(=O)OC(C)(C)C)C4)c2)cc(OC)c1OC. The minimum atomic E-state index is -0.596. The van der Waals surface area contributed by atoms with Crippen LogP contribution < -0.4 is 24.4 Å². The highest BCUT2D eigenvalue weighted by Gasteiger charge is 2.33. The number of benzene rings is 1. The van der Waals surface area contributed by atoms with Gasteiger partial charge in [0.2, 0.25) is 11.7 Å². The van der Waals surface area contributed by atoms with Crippen molar-refractivity contribution in [1.82, 2.24) is 24.4 Å². The van der Waals surface area contributed by atoms with Crippen LogP contribution in [-0.4, -0.2) is 88.3 Å². The van der Waals surface area contributed by atoms with Crippen LogP contribution in [0, 0.1) is 0 Å². The highest BCUT2D eigenvalue weighted by molar-refractivity contribution is 5.69. The van der Waals surface area contributed by atoms with Gasteiger partial charge in [-0.25, -0.2) is 14.8 Å². The summed E-state index contributed by atoms with van der Waals surface area (Å²) in [6, 6.07) is 3.64. The smallest absolute Gasteiger partial charge is 0.410 e. The Morgan fingerprint density at radius 2 is 1.83 bits per heavy atom. The number of methoxy groups -OCH3 is 3. The van der Waals surface area contributed by atoms with Gasteiger partial charge in [0.25, 0.3) is 0 Å². The lowest BCUT2D eigenvalue weighted by Gasteiger charge is -2.34. The molecule has 2 aromatic heterocycles. The number of aromatic nitrogens is 4. The summed E-state index contributed by atoms with van der Waals surface area (Å²) in [7, 11) is 4.70. The number of anilines is 3. The van der Waals surface area contributed by atoms with E-state index in [1.165, 1.54) is 0 Å². The number of aliphatic hydroxyl groups is 1. The van der Waals surface area contributed by atoms with Gasteiger partial charge in [-0.1, -0.05) is 0 Å². The highest BCUT2D eigenvalue weighted by atomic mass is 16.6. The van der Waals surface area contributed by atoms with E-state index in [0.717, 1.165) is 42.1 Å². The number of hydrogen-bond donors (Lipinski definition) is 2. The molecular formula is C29H39N7O6. The van der Waals surface area contributed by atoms with E-state index in [-0.39, 0.29) is 18.7 Å². The molecule has 0 spiro atoms. The van der Waals surface area contributed by atoms with E-state index >= 15 is 0 Å². The van der Waals surface area contributed by atoms with Gasteiger partial charge < -0.3 is 43.7 Å². The van der Waals surface area contributed by atoms with Crippen LogP contribution in [0.3, 0.4) is 0 Å². The van der Waals surface area contributed by atoms with Crippen LogP contribution in [-0.2, 0) is 17.7 Å². The second-order valence-corrected chi connectivity index (χ2v) is 11.3. The minimum Gasteiger partial charge on any atom is -0.493 e. The first-order valence-electron chi connectivity index (χ1n) is 14.0. The molecule has 5 rings (SSSR count). The third-order valence-electron chi connectivity index (χ3n) is 7.33. The summed E-state index contributed by atoms with van der Waals surface area (Å²) in [5.41, 5.74) is 1.89. The maximum absolute atomic E-state index is 12.9. The average molecular weight is 582 g/mol. The zero-order chi connectivity index (χ0) is 30.0. The summed E-state index contributed by atoms with van der Waals surface area (Å²) in [6.45, 7) is 7.19. The molecule has 1 aromatic carbocycles. The van der Waals surface area contributed by atoms with Gasteiger partial charge in [0, 0.05) is 30.8 Å². The molecule has 0 aliphatic carbocycles. The number of fused-ring (bicyclic) bond motifs is 1. The molecule has 42 heavy (non-hydrogen) atoms. The number of nitrogens with zero attached hydrogens (tertiary/aromatic N) is 6. The number of rotatable bonds is 8. The number of aliphatic hydroxyl groups excluding tert-OH is 1. The number of carbonyl (C=O) groups excluding carboxylic acids is 1. The molecule has 1 fully saturated rings. The zero-order valence-electron chi connectivity index (χ0n) is 25.0. The van der Waals surface area contributed by atoms with E-state index < -0.39 is 5.60 Å². The zero-order valence-corrected chi connectivity index (χ0v) is 25.0. The Labute approximate surface area is 245 Å². The molecule has 0 saturated carbocycles. The van der Waals surface area contributed by atoms with Gasteiger partial charge >= 0.3 is 6.09 Å². The van der Waals surface area contributed by atoms with Crippen LogP contribution in [0.1, 0.15) is 44.9 Å². The maximum Gasteiger partial charge on any atom is 0.410 e. The summed E-state index contributed by atoms with van der Waals surface area (Å²) in [5, 5.41) is 13.3. The summed E-state index contributed by atoms with van der Waals surface area (Å²) >= 11 is 0. The number of ether oxygens (including phenoxy) is 4. The van der Waals surface area contributed by atoms with Crippen LogP contribution >= 0.6 is 0 Å². The third-order valence-corrected chi connectivity index (χ3v) is 7.33. The van der Waals surface area contributed by atoms with E-state index in [9.17, 15) is 9.90 Å². The number of imidazole rings is 1. The van der Waals surface area contributed by atoms with Crippen molar-refractivity contribution in [1.29, 1.82) is 0 Å². The van der Waals surface area contributed by atoms with Crippen LogP contribution in [0.5, 0.6) is 17.2 Å². The van der Waals surface area contributed by atoms with Crippen molar-refractivity contribution in [2.45, 2.75) is 58.2 Å². The Kier molecular flexibility index (Phi) is 8.30. The second kappa shape index (κ2) is 11.9. The lowest BCUT2D eigenvalue weighted by Crippen LogP contribution is -2.41. The molecule has 13 heteroatoms. The molecule has 1 atom stereocenters. The second-order valence-electron chi connectivity index (χ2n) is 11.3. The summed E-state index contributed by atoms with van der Waals surface area (Å²) in [4.78, 5) is 30.9. The number of carbonyl (C=O) groups is 1. The molecular weight excluding hydrogens is 542 g/mol. The van der Waals surface area contributed by atoms with Crippen LogP contribution in [0.15, 0.2) is 24.7 Å². The molecule has 2 N–H and O–H groups in total. The molecule has 4 heterocycles. The quantitative estimate of drug-likeness (QED) is 0.403. The van der Waals surface area contributed by atoms with E-state index in [1.807, 2.05) is 43.7 Å². The van der Waals surface area contributed by atoms with Crippen LogP contribution in [0.4, 0.5) is 22.4 Å². The summed E-state index contributed by atoms with van der Waals surface area (Å²) in [6.07, 6.45) is 5.55. The molecule has 2 aliphatic rings. The van der Waals surface area contributed by atoms with E-state index in [0.29, 0.717) is 48.5 Å². The normalized spacial score (nSPS) is 16.7. The van der Waals surface area contributed by atoms with Gasteiger partial charge in [-0.3, -0.25) is 0 Å². The molecule has 1 unspecified atom stereocenters. The van der Waals surface area contributed by atoms with Gasteiger partial charge in [-0.2, -0.15) is 4.98 Å². The van der Waals surface area contributed by atoms with Crippen molar-refractivity contribution in [3.05, 3.63) is 35.9 Å². The van der Waals surface area contributed by atoms with E-state index in [2.05, 4.69) is 15.2 Å². The van der Waals surface area contributed by atoms with Crippen LogP contribution in [0.2, 0.25) is 0 Å². The molecule has 226 valence electrons. The van der Waals surface area contributed by atoms with Gasteiger partial charge in [0.1, 0.15) is 17.7 Å². The lowest BCUT2D eigenvalue weighted by atomic mass is 10.0. The standard InChI is InChI=1S/C29H39N7O6/c1-29(2,3)42-28(38)34-11-9-20-21(14-34)31-27(33-26(20)36-10-7-8-18(36)16-37)32-24-15-35(17-30-24)19-12-22(39-4)25(41-6)23(13-19)40-5/h12-13,15,17-18,37H,7-11,14,16H2,1-6H3,(H,31,32,33). The fraction of sp³-hybridized carbons (Fsp3) is 0.517. The highest BCUT2D eigenvalue weighted by Crippen LogP contribution is 2.39. The Morgan fingerprint density at radius 1 is 1.10 bits per heavy atom. The Balaban J connectivity index is 1.46. The fourth-order valence-electron chi connectivity index (χ4n) is 5.35. The van der Waals surface area contributed by atoms with Crippen molar-refractivity contribution in [2.24, 2.45) is 0 Å². The number of nitrogens with one attached hydrogen (secondary N) is 1. The first kappa shape index (κ1) is 29.2. The molecule has 1 saturated heterocycles. The predicted molar refractivity (Wildman–Crippen MR) is 156 cm³/mol. The van der Waals surface area contributed by atoms with E-state index in [1.54, 1.807) is 32.6 Å². The van der Waals surface area contributed by atoms with Crippen molar-refractivity contribution in [3.8, 4) is 22.9 Å². The first-order valence-corrected chi connectivity index (χ1v) is 14.0. The fourth-order valence-corrected chi connectivity index (χ4v) is 5.35. The van der Waals surface area contributed by atoms with Gasteiger partial charge in [0.15, 0.2) is 17.3 Å². The van der Waals surface area contributed by atoms with E-state index in [4.69, 9.17) is 28.9 Å². The number of amides is 1. The van der Waals surface area contributed by atoms with Crippen molar-refractivity contribution in [3.63, 3.8) is 0 Å². The lowest BCUT2D eigenvalue weighted by molar-refractivity contribution is 0.0221. The summed E-state index contributed by atoms with van der Waals surface area (Å²) in [5.74, 6) is 3.21.